The molecule has 0 amide bonds. The average Bonchev–Trinajstić information content (AvgIpc) is 3.40. The average molecular weight is 1180 g/mol. The Morgan fingerprint density at radius 2 is 0.843 bits per heavy atom. The molecule has 4 rings (SSSR count). The van der Waals surface area contributed by atoms with E-state index in [4.69, 9.17) is 16.7 Å². The van der Waals surface area contributed by atoms with Crippen molar-refractivity contribution in [2.24, 2.45) is 16.5 Å². The van der Waals surface area contributed by atoms with Crippen LogP contribution in [0.2, 0.25) is 26.6 Å². The maximum Gasteiger partial charge on any atom is -0.344 e. The molecule has 4 aromatic carbocycles. The number of nitrogens with zero attached hydrogens (tertiary/aromatic N) is 2. The van der Waals surface area contributed by atoms with Crippen molar-refractivity contribution in [2.75, 3.05) is 0 Å². The Kier molecular flexibility index (Phi) is 44.3. The number of quaternary nitrogens is 1. The van der Waals surface area contributed by atoms with Gasteiger partial charge in [0.25, 0.3) is 0 Å². The number of nitriles is 1. The Morgan fingerprint density at radius 1 is 0.486 bits per heavy atom. The van der Waals surface area contributed by atoms with Gasteiger partial charge in [0.1, 0.15) is 0 Å². The Bertz CT molecular complexity index is 1760. The van der Waals surface area contributed by atoms with Gasteiger partial charge >= 0.3 is 277 Å². The van der Waals surface area contributed by atoms with Gasteiger partial charge in [-0.3, -0.25) is 0 Å². The van der Waals surface area contributed by atoms with E-state index in [9.17, 15) is 0 Å². The molecule has 0 aromatic heterocycles. The Morgan fingerprint density at radius 3 is 1.14 bits per heavy atom. The topological polar surface area (TPSA) is 151 Å². The third kappa shape index (κ3) is 27.8. The molecule has 0 saturated heterocycles. The molecule has 8 heteroatoms. The predicted molar refractivity (Wildman–Crippen MR) is 319 cm³/mol. The van der Waals surface area contributed by atoms with E-state index < -0.39 is 36.8 Å². The van der Waals surface area contributed by atoms with E-state index >= 15 is 0 Å². The molecule has 0 aliphatic heterocycles. The summed E-state index contributed by atoms with van der Waals surface area (Å²) in [4.78, 5) is 4.18. The van der Waals surface area contributed by atoms with Gasteiger partial charge in [0.05, 0.1) is 0 Å². The van der Waals surface area contributed by atoms with Crippen molar-refractivity contribution >= 4 is 49.9 Å². The molecule has 10 N–H and O–H groups in total. The molecule has 0 saturated carbocycles. The second-order valence-corrected chi connectivity index (χ2v) is 46.0. The molecular weight excluding hydrogens is 1070 g/mol. The summed E-state index contributed by atoms with van der Waals surface area (Å²) in [5.74, 6) is 1.73. The summed E-state index contributed by atoms with van der Waals surface area (Å²) in [7, 11) is 0. The first-order chi connectivity index (χ1) is 33.6. The summed E-state index contributed by atoms with van der Waals surface area (Å²) in [6.45, 7) is 28.1. The van der Waals surface area contributed by atoms with Gasteiger partial charge in [0, 0.05) is 6.57 Å². The minimum absolute atomic E-state index is 0. The van der Waals surface area contributed by atoms with Crippen LogP contribution in [0.3, 0.4) is 0 Å². The number of hydrogen-bond acceptors (Lipinski definition) is 3. The van der Waals surface area contributed by atoms with Gasteiger partial charge in [-0.1, -0.05) is 101 Å². The zero-order valence-corrected chi connectivity index (χ0v) is 52.8. The van der Waals surface area contributed by atoms with Crippen molar-refractivity contribution in [3.63, 3.8) is 0 Å². The first-order valence-corrected chi connectivity index (χ1v) is 42.9. The van der Waals surface area contributed by atoms with Crippen LogP contribution in [0.25, 0.3) is 0 Å². The fourth-order valence-corrected chi connectivity index (χ4v) is 42.1. The van der Waals surface area contributed by atoms with Crippen LogP contribution in [0, 0.1) is 11.8 Å². The normalized spacial score (nSPS) is 11.6. The van der Waals surface area contributed by atoms with Crippen molar-refractivity contribution in [1.82, 2.24) is 6.15 Å². The first-order valence-electron chi connectivity index (χ1n) is 27.9. The summed E-state index contributed by atoms with van der Waals surface area (Å²) >= 11 is -4.45. The zero-order valence-electron chi connectivity index (χ0n) is 47.1. The summed E-state index contributed by atoms with van der Waals surface area (Å²) in [6, 6.07) is 40.4. The molecule has 0 aliphatic carbocycles. The number of guanidine groups is 1. The molecular formula is C62H109N6Sn2+. The Labute approximate surface area is 441 Å². The summed E-state index contributed by atoms with van der Waals surface area (Å²) in [5.41, 5.74) is 20.7. The number of unbranched alkanes of at least 4 members (excludes halogenated alkanes) is 4. The fourth-order valence-electron chi connectivity index (χ4n) is 10.2. The molecule has 70 heavy (non-hydrogen) atoms. The third-order valence-corrected chi connectivity index (χ3v) is 46.2. The quantitative estimate of drug-likeness (QED) is 0.0243. The molecule has 0 radical (unpaired) electrons. The van der Waals surface area contributed by atoms with E-state index in [1.54, 1.807) is 16.0 Å². The number of rotatable bonds is 29. The minimum atomic E-state index is -2.30. The molecule has 2 unspecified atom stereocenters. The number of nitrogens with two attached hydrogens (primary N) is 2. The van der Waals surface area contributed by atoms with E-state index in [1.165, 1.54) is 143 Å². The Balaban J connectivity index is 0. The van der Waals surface area contributed by atoms with Crippen LogP contribution < -0.4 is 30.5 Å². The van der Waals surface area contributed by atoms with E-state index in [2.05, 4.69) is 196 Å². The van der Waals surface area contributed by atoms with Crippen LogP contribution in [-0.4, -0.2) is 42.7 Å². The number of hydrogen-bond donors (Lipinski definition) is 4. The summed E-state index contributed by atoms with van der Waals surface area (Å²) in [6.07, 6.45) is 21.4. The van der Waals surface area contributed by atoms with E-state index in [0.717, 1.165) is 18.4 Å². The molecule has 0 spiro atoms. The molecule has 394 valence electrons. The van der Waals surface area contributed by atoms with Gasteiger partial charge in [0.2, 0.25) is 0 Å². The van der Waals surface area contributed by atoms with Crippen LogP contribution in [0.1, 0.15) is 206 Å². The van der Waals surface area contributed by atoms with E-state index in [0.29, 0.717) is 6.54 Å². The van der Waals surface area contributed by atoms with Crippen molar-refractivity contribution in [2.45, 2.75) is 224 Å². The van der Waals surface area contributed by atoms with E-state index in [-0.39, 0.29) is 12.1 Å². The monoisotopic (exact) mass is 1180 g/mol. The van der Waals surface area contributed by atoms with Crippen LogP contribution >= 0.6 is 0 Å². The second kappa shape index (κ2) is 44.8. The predicted octanol–water partition coefficient (Wildman–Crippen LogP) is 16.5. The molecule has 0 aliphatic rings. The van der Waals surface area contributed by atoms with Crippen LogP contribution in [0.5, 0.6) is 0 Å². The molecule has 4 aromatic rings. The maximum atomic E-state index is 6.50. The number of aliphatic imine (C=N–C) groups is 1. The van der Waals surface area contributed by atoms with E-state index in [1.807, 2.05) is 0 Å². The van der Waals surface area contributed by atoms with Crippen molar-refractivity contribution in [1.29, 1.82) is 5.26 Å². The maximum absolute atomic E-state index is 6.50. The molecule has 6 nitrogen and oxygen atoms in total. The van der Waals surface area contributed by atoms with Gasteiger partial charge in [-0.15, -0.1) is 0 Å². The SMILES string of the molecule is C#N.CCCC(CC)c1ccccc1.CCCC(CC)c1ccccc1.CCC[CH2][Sn]([CH2]CC)([CH2]CCC)[c]1cccc(CN=C(N)N)c1.CCC[CH2][Sn]([CH2]CC)([CH2]CCC)[c]1cccc(C[NH3+])c1.N. The summed E-state index contributed by atoms with van der Waals surface area (Å²) < 4.78 is 12.6. The van der Waals surface area contributed by atoms with Gasteiger partial charge in [0.15, 0.2) is 0 Å². The largest absolute Gasteiger partial charge is 0.344 e. The smallest absolute Gasteiger partial charge is 0.344 e. The molecule has 0 fully saturated rings. The Hall–Kier alpha value is -2.84. The van der Waals surface area contributed by atoms with Gasteiger partial charge in [-0.25, -0.2) is 5.26 Å². The van der Waals surface area contributed by atoms with Crippen LogP contribution in [0.15, 0.2) is 114 Å². The summed E-state index contributed by atoms with van der Waals surface area (Å²) in [5, 5.41) is 6.50. The zero-order chi connectivity index (χ0) is 51.6. The van der Waals surface area contributed by atoms with Gasteiger partial charge < -0.3 is 6.15 Å². The van der Waals surface area contributed by atoms with Crippen molar-refractivity contribution in [3.05, 3.63) is 131 Å². The minimum Gasteiger partial charge on any atom is -0.344 e. The first kappa shape index (κ1) is 69.2. The van der Waals surface area contributed by atoms with Crippen molar-refractivity contribution in [3.8, 4) is 6.57 Å². The fraction of sp³-hybridized carbons (Fsp3) is 0.581. The van der Waals surface area contributed by atoms with Crippen LogP contribution in [-0.2, 0) is 13.1 Å². The third-order valence-electron chi connectivity index (χ3n) is 14.1. The number of benzene rings is 4. The standard InChI is InChI=1S/2C12H18.C8H10N3.C7H8N.4C4H9.2C3H7.CHN.H3N.2Sn/c2*1-3-8-11(4-2)12-9-6-5-7-10-12;9-8(10)11-6-7-4-2-1-3-5-7;8-6-7-4-2-1-3-5-7;4*1-3-4-2;2*1-3-2;1-2;;;/h2*5-7,9-11H,3-4,8H2,1-2H3;1-2,4-5H,6H2,(H4,9,10,11);1-2,4-5H,6,8H2;4*1,3-4H2,2H3;2*1,3H2,2H3;1H;1H3;;/p+1. The second-order valence-electron chi connectivity index (χ2n) is 19.5. The van der Waals surface area contributed by atoms with Gasteiger partial charge in [-0.05, 0) is 48.6 Å². The van der Waals surface area contributed by atoms with Crippen molar-refractivity contribution < 1.29 is 5.73 Å². The van der Waals surface area contributed by atoms with Crippen LogP contribution in [0.4, 0.5) is 0 Å². The molecule has 2 atom stereocenters. The molecule has 0 bridgehead atoms. The molecule has 0 heterocycles. The van der Waals surface area contributed by atoms with Gasteiger partial charge in [-0.2, -0.15) is 0 Å².